The van der Waals surface area contributed by atoms with E-state index in [0.29, 0.717) is 12.5 Å². The lowest BCUT2D eigenvalue weighted by Crippen LogP contribution is -2.43. The molecule has 0 aliphatic rings. The zero-order chi connectivity index (χ0) is 11.4. The van der Waals surface area contributed by atoms with Crippen LogP contribution in [0, 0.1) is 5.92 Å². The Labute approximate surface area is 87.3 Å². The van der Waals surface area contributed by atoms with E-state index in [1.54, 1.807) is 13.8 Å². The van der Waals surface area contributed by atoms with E-state index in [1.807, 2.05) is 13.8 Å². The van der Waals surface area contributed by atoms with Gasteiger partial charge in [-0.3, -0.25) is 0 Å². The Morgan fingerprint density at radius 2 is 1.71 bits per heavy atom. The van der Waals surface area contributed by atoms with Crippen LogP contribution in [0.4, 0.5) is 0 Å². The van der Waals surface area contributed by atoms with E-state index in [9.17, 15) is 8.42 Å². The summed E-state index contributed by atoms with van der Waals surface area (Å²) in [6, 6.07) is -0.137. The van der Waals surface area contributed by atoms with Gasteiger partial charge >= 0.3 is 0 Å². The number of rotatable bonds is 6. The van der Waals surface area contributed by atoms with Crippen molar-refractivity contribution in [1.29, 1.82) is 0 Å². The minimum Gasteiger partial charge on any atom is -0.329 e. The Balaban J connectivity index is 4.32. The van der Waals surface area contributed by atoms with Crippen LogP contribution in [0.5, 0.6) is 0 Å². The molecule has 0 spiro atoms. The molecule has 4 nitrogen and oxygen atoms in total. The second-order valence-corrected chi connectivity index (χ2v) is 6.54. The van der Waals surface area contributed by atoms with E-state index in [0.717, 1.165) is 6.42 Å². The van der Waals surface area contributed by atoms with Crippen molar-refractivity contribution in [1.82, 2.24) is 4.72 Å². The summed E-state index contributed by atoms with van der Waals surface area (Å²) in [5, 5.41) is -0.399. The molecule has 0 aromatic rings. The molecule has 86 valence electrons. The first-order chi connectivity index (χ1) is 6.29. The van der Waals surface area contributed by atoms with Crippen LogP contribution in [0.25, 0.3) is 0 Å². The normalized spacial score (nSPS) is 15.1. The maximum Gasteiger partial charge on any atom is 0.214 e. The van der Waals surface area contributed by atoms with Gasteiger partial charge in [0.15, 0.2) is 0 Å². The van der Waals surface area contributed by atoms with Gasteiger partial charge in [0, 0.05) is 12.6 Å². The molecule has 0 bridgehead atoms. The molecule has 0 aromatic carbocycles. The molecule has 0 aliphatic heterocycles. The molecule has 0 rings (SSSR count). The number of sulfonamides is 1. The first-order valence-electron chi connectivity index (χ1n) is 5.00. The van der Waals surface area contributed by atoms with Crippen LogP contribution in [0.15, 0.2) is 0 Å². The molecule has 3 N–H and O–H groups in total. The van der Waals surface area contributed by atoms with Gasteiger partial charge < -0.3 is 5.73 Å². The van der Waals surface area contributed by atoms with Crippen molar-refractivity contribution in [3.63, 3.8) is 0 Å². The summed E-state index contributed by atoms with van der Waals surface area (Å²) < 4.78 is 25.6. The molecule has 0 aliphatic carbocycles. The maximum absolute atomic E-state index is 11.5. The predicted molar refractivity (Wildman–Crippen MR) is 59.5 cm³/mol. The van der Waals surface area contributed by atoms with Gasteiger partial charge in [-0.1, -0.05) is 13.8 Å². The fraction of sp³-hybridized carbons (Fsp3) is 1.00. The van der Waals surface area contributed by atoms with Crippen LogP contribution in [-0.4, -0.2) is 26.3 Å². The first-order valence-corrected chi connectivity index (χ1v) is 6.55. The monoisotopic (exact) mass is 222 g/mol. The van der Waals surface area contributed by atoms with E-state index < -0.39 is 15.3 Å². The lowest BCUT2D eigenvalue weighted by Gasteiger charge is -2.20. The molecule has 0 radical (unpaired) electrons. The summed E-state index contributed by atoms with van der Waals surface area (Å²) in [4.78, 5) is 0. The third kappa shape index (κ3) is 4.93. The average molecular weight is 222 g/mol. The lowest BCUT2D eigenvalue weighted by atomic mass is 10.1. The smallest absolute Gasteiger partial charge is 0.214 e. The fourth-order valence-electron chi connectivity index (χ4n) is 1.13. The number of nitrogens with two attached hydrogens (primary N) is 1. The number of hydrogen-bond donors (Lipinski definition) is 2. The van der Waals surface area contributed by atoms with Gasteiger partial charge in [0.25, 0.3) is 0 Å². The van der Waals surface area contributed by atoms with E-state index in [1.165, 1.54) is 0 Å². The van der Waals surface area contributed by atoms with Crippen molar-refractivity contribution < 1.29 is 8.42 Å². The molecule has 5 heteroatoms. The second kappa shape index (κ2) is 5.68. The van der Waals surface area contributed by atoms with E-state index in [2.05, 4.69) is 4.72 Å². The van der Waals surface area contributed by atoms with Gasteiger partial charge in [0.05, 0.1) is 5.25 Å². The van der Waals surface area contributed by atoms with Gasteiger partial charge in [0.1, 0.15) is 0 Å². The van der Waals surface area contributed by atoms with Crippen LogP contribution in [0.3, 0.4) is 0 Å². The topological polar surface area (TPSA) is 72.2 Å². The Morgan fingerprint density at radius 3 is 2.00 bits per heavy atom. The van der Waals surface area contributed by atoms with Crippen molar-refractivity contribution in [2.75, 3.05) is 6.54 Å². The van der Waals surface area contributed by atoms with Gasteiger partial charge in [-0.05, 0) is 26.2 Å². The van der Waals surface area contributed by atoms with Gasteiger partial charge in [-0.15, -0.1) is 0 Å². The zero-order valence-corrected chi connectivity index (χ0v) is 10.3. The third-order valence-electron chi connectivity index (χ3n) is 1.99. The Bertz CT molecular complexity index is 248. The van der Waals surface area contributed by atoms with Crippen molar-refractivity contribution in [2.45, 2.75) is 45.4 Å². The Kier molecular flexibility index (Phi) is 5.63. The summed E-state index contributed by atoms with van der Waals surface area (Å²) in [6.07, 6.45) is 0.780. The molecule has 0 saturated carbocycles. The molecular weight excluding hydrogens is 200 g/mol. The van der Waals surface area contributed by atoms with Crippen LogP contribution < -0.4 is 10.5 Å². The van der Waals surface area contributed by atoms with Crippen LogP contribution in [0.1, 0.15) is 34.1 Å². The first kappa shape index (κ1) is 13.9. The van der Waals surface area contributed by atoms with Crippen molar-refractivity contribution >= 4 is 10.0 Å². The van der Waals surface area contributed by atoms with Gasteiger partial charge in [0.2, 0.25) is 10.0 Å². The zero-order valence-electron chi connectivity index (χ0n) is 9.45. The standard InChI is InChI=1S/C9H22N2O2S/c1-7(2)5-9(6-10)11-14(12,13)8(3)4/h7-9,11H,5-6,10H2,1-4H3. The molecule has 14 heavy (non-hydrogen) atoms. The molecule has 0 saturated heterocycles. The summed E-state index contributed by atoms with van der Waals surface area (Å²) in [7, 11) is -3.19. The highest BCUT2D eigenvalue weighted by Crippen LogP contribution is 2.06. The van der Waals surface area contributed by atoms with Crippen molar-refractivity contribution in [3.05, 3.63) is 0 Å². The van der Waals surface area contributed by atoms with Gasteiger partial charge in [-0.25, -0.2) is 13.1 Å². The van der Waals surface area contributed by atoms with Crippen LogP contribution >= 0.6 is 0 Å². The molecular formula is C9H22N2O2S. The Morgan fingerprint density at radius 1 is 1.21 bits per heavy atom. The number of nitrogens with one attached hydrogen (secondary N) is 1. The predicted octanol–water partition coefficient (Wildman–Crippen LogP) is 0.688. The van der Waals surface area contributed by atoms with Gasteiger partial charge in [-0.2, -0.15) is 0 Å². The second-order valence-electron chi connectivity index (χ2n) is 4.27. The quantitative estimate of drug-likeness (QED) is 0.694. The fourth-order valence-corrected chi connectivity index (χ4v) is 2.06. The highest BCUT2D eigenvalue weighted by atomic mass is 32.2. The molecule has 0 amide bonds. The molecule has 0 heterocycles. The average Bonchev–Trinajstić information content (AvgIpc) is 2.01. The third-order valence-corrected chi connectivity index (χ3v) is 3.90. The highest BCUT2D eigenvalue weighted by molar-refractivity contribution is 7.90. The van der Waals surface area contributed by atoms with E-state index in [4.69, 9.17) is 5.73 Å². The van der Waals surface area contributed by atoms with Crippen molar-refractivity contribution in [2.24, 2.45) is 11.7 Å². The molecule has 1 unspecified atom stereocenters. The molecule has 0 aromatic heterocycles. The molecule has 0 fully saturated rings. The molecule has 1 atom stereocenters. The number of hydrogen-bond acceptors (Lipinski definition) is 3. The van der Waals surface area contributed by atoms with E-state index in [-0.39, 0.29) is 6.04 Å². The lowest BCUT2D eigenvalue weighted by molar-refractivity contribution is 0.463. The summed E-state index contributed by atoms with van der Waals surface area (Å²) >= 11 is 0. The Hall–Kier alpha value is -0.130. The maximum atomic E-state index is 11.5. The minimum atomic E-state index is -3.19. The SMILES string of the molecule is CC(C)CC(CN)NS(=O)(=O)C(C)C. The van der Waals surface area contributed by atoms with Crippen molar-refractivity contribution in [3.8, 4) is 0 Å². The van der Waals surface area contributed by atoms with E-state index >= 15 is 0 Å². The minimum absolute atomic E-state index is 0.137. The summed E-state index contributed by atoms with van der Waals surface area (Å²) in [5.74, 6) is 0.443. The van der Waals surface area contributed by atoms with Crippen LogP contribution in [-0.2, 0) is 10.0 Å². The highest BCUT2D eigenvalue weighted by Gasteiger charge is 2.20. The summed E-state index contributed by atoms with van der Waals surface area (Å²) in [6.45, 7) is 7.76. The van der Waals surface area contributed by atoms with Crippen LogP contribution in [0.2, 0.25) is 0 Å². The largest absolute Gasteiger partial charge is 0.329 e. The summed E-state index contributed by atoms with van der Waals surface area (Å²) in [5.41, 5.74) is 5.50.